The fraction of sp³-hybridized carbons (Fsp3) is 0.136. The van der Waals surface area contributed by atoms with Crippen LogP contribution in [0.4, 0.5) is 5.82 Å². The lowest BCUT2D eigenvalue weighted by Gasteiger charge is -2.13. The number of nitrogens with zero attached hydrogens (tertiary/aromatic N) is 3. The minimum Gasteiger partial charge on any atom is -0.494 e. The minimum atomic E-state index is 0.613. The van der Waals surface area contributed by atoms with Crippen molar-refractivity contribution in [3.8, 4) is 28.3 Å². The Morgan fingerprint density at radius 3 is 2.48 bits per heavy atom. The number of nitrogens with one attached hydrogen (secondary N) is 1. The van der Waals surface area contributed by atoms with E-state index in [0.29, 0.717) is 11.6 Å². The number of rotatable bonds is 4. The van der Waals surface area contributed by atoms with E-state index in [1.165, 1.54) is 5.56 Å². The van der Waals surface area contributed by atoms with Gasteiger partial charge in [0, 0.05) is 30.4 Å². The second-order valence-electron chi connectivity index (χ2n) is 6.33. The van der Waals surface area contributed by atoms with Crippen LogP contribution >= 0.6 is 0 Å². The number of fused-ring (bicyclic) bond motifs is 1. The first-order valence-corrected chi connectivity index (χ1v) is 8.74. The summed E-state index contributed by atoms with van der Waals surface area (Å²) in [5.41, 5.74) is 5.04. The van der Waals surface area contributed by atoms with Crippen LogP contribution in [0.5, 0.6) is 5.75 Å². The zero-order valence-electron chi connectivity index (χ0n) is 15.5. The van der Waals surface area contributed by atoms with E-state index in [-0.39, 0.29) is 0 Å². The molecule has 2 aromatic carbocycles. The molecule has 0 aliphatic carbocycles. The van der Waals surface area contributed by atoms with E-state index >= 15 is 0 Å². The van der Waals surface area contributed by atoms with Crippen molar-refractivity contribution >= 4 is 16.7 Å². The number of hydrogen-bond acceptors (Lipinski definition) is 5. The van der Waals surface area contributed by atoms with E-state index in [1.54, 1.807) is 19.5 Å². The topological polar surface area (TPSA) is 59.9 Å². The second kappa shape index (κ2) is 7.03. The van der Waals surface area contributed by atoms with Crippen LogP contribution in [0.2, 0.25) is 0 Å². The van der Waals surface area contributed by atoms with Gasteiger partial charge in [-0.1, -0.05) is 29.8 Å². The lowest BCUT2D eigenvalue weighted by atomic mass is 10.0. The van der Waals surface area contributed by atoms with Crippen molar-refractivity contribution in [3.63, 3.8) is 0 Å². The first-order chi connectivity index (χ1) is 13.2. The third-order valence-corrected chi connectivity index (χ3v) is 4.49. The van der Waals surface area contributed by atoms with Crippen LogP contribution in [0.25, 0.3) is 33.4 Å². The molecule has 1 N–H and O–H groups in total. The quantitative estimate of drug-likeness (QED) is 0.573. The Balaban J connectivity index is 1.98. The normalized spacial score (nSPS) is 10.8. The molecule has 0 spiro atoms. The van der Waals surface area contributed by atoms with Gasteiger partial charge in [-0.25, -0.2) is 9.97 Å². The monoisotopic (exact) mass is 356 g/mol. The van der Waals surface area contributed by atoms with Crippen LogP contribution in [-0.4, -0.2) is 29.1 Å². The van der Waals surface area contributed by atoms with Crippen LogP contribution < -0.4 is 10.1 Å². The standard InChI is InChI=1S/C22H20N4O/c1-14-6-4-7-15(10-14)17-11-18-20(19(12-17)27-3)25-21(26-22(18)23-2)16-8-5-9-24-13-16/h4-13H,1-3H3,(H,23,25,26). The Kier molecular flexibility index (Phi) is 4.42. The number of anilines is 1. The molecular weight excluding hydrogens is 336 g/mol. The molecule has 0 saturated carbocycles. The summed E-state index contributed by atoms with van der Waals surface area (Å²) in [4.78, 5) is 13.6. The van der Waals surface area contributed by atoms with E-state index in [2.05, 4.69) is 47.6 Å². The minimum absolute atomic E-state index is 0.613. The molecule has 0 aliphatic rings. The molecule has 4 aromatic rings. The summed E-state index contributed by atoms with van der Waals surface area (Å²) in [7, 11) is 3.53. The van der Waals surface area contributed by atoms with Gasteiger partial charge in [0.05, 0.1) is 7.11 Å². The van der Waals surface area contributed by atoms with Crippen LogP contribution in [0, 0.1) is 6.92 Å². The molecule has 2 aromatic heterocycles. The summed E-state index contributed by atoms with van der Waals surface area (Å²) in [5, 5.41) is 4.11. The fourth-order valence-corrected chi connectivity index (χ4v) is 3.16. The summed E-state index contributed by atoms with van der Waals surface area (Å²) in [6.07, 6.45) is 3.49. The summed E-state index contributed by atoms with van der Waals surface area (Å²) in [6.45, 7) is 2.09. The second-order valence-corrected chi connectivity index (χ2v) is 6.33. The molecule has 134 valence electrons. The van der Waals surface area contributed by atoms with Gasteiger partial charge in [-0.3, -0.25) is 4.98 Å². The van der Waals surface area contributed by atoms with Gasteiger partial charge in [-0.15, -0.1) is 0 Å². The lowest BCUT2D eigenvalue weighted by molar-refractivity contribution is 0.419. The highest BCUT2D eigenvalue weighted by Gasteiger charge is 2.15. The molecule has 4 rings (SSSR count). The first kappa shape index (κ1) is 17.0. The maximum absolute atomic E-state index is 5.68. The number of benzene rings is 2. The molecule has 0 saturated heterocycles. The average molecular weight is 356 g/mol. The Morgan fingerprint density at radius 1 is 0.926 bits per heavy atom. The molecule has 0 atom stereocenters. The predicted octanol–water partition coefficient (Wildman–Crippen LogP) is 4.72. The van der Waals surface area contributed by atoms with E-state index in [4.69, 9.17) is 14.7 Å². The Morgan fingerprint density at radius 2 is 1.78 bits per heavy atom. The van der Waals surface area contributed by atoms with Gasteiger partial charge >= 0.3 is 0 Å². The molecular formula is C22H20N4O. The molecule has 5 heteroatoms. The third-order valence-electron chi connectivity index (χ3n) is 4.49. The zero-order chi connectivity index (χ0) is 18.8. The van der Waals surface area contributed by atoms with Crippen molar-refractivity contribution in [3.05, 3.63) is 66.5 Å². The van der Waals surface area contributed by atoms with E-state index in [1.807, 2.05) is 25.2 Å². The Hall–Kier alpha value is -3.47. The van der Waals surface area contributed by atoms with Gasteiger partial charge in [0.25, 0.3) is 0 Å². The number of aromatic nitrogens is 3. The van der Waals surface area contributed by atoms with Gasteiger partial charge < -0.3 is 10.1 Å². The smallest absolute Gasteiger partial charge is 0.163 e. The van der Waals surface area contributed by atoms with E-state index in [0.717, 1.165) is 33.4 Å². The maximum atomic E-state index is 5.68. The maximum Gasteiger partial charge on any atom is 0.163 e. The number of pyridine rings is 1. The summed E-state index contributed by atoms with van der Waals surface area (Å²) in [6, 6.07) is 16.3. The molecule has 0 bridgehead atoms. The summed E-state index contributed by atoms with van der Waals surface area (Å²) >= 11 is 0. The van der Waals surface area contributed by atoms with Crippen molar-refractivity contribution in [2.45, 2.75) is 6.92 Å². The van der Waals surface area contributed by atoms with Gasteiger partial charge in [0.1, 0.15) is 17.1 Å². The molecule has 2 heterocycles. The summed E-state index contributed by atoms with van der Waals surface area (Å²) in [5.74, 6) is 2.08. The van der Waals surface area contributed by atoms with Crippen LogP contribution in [-0.2, 0) is 0 Å². The fourth-order valence-electron chi connectivity index (χ4n) is 3.16. The Bertz CT molecular complexity index is 1110. The molecule has 0 radical (unpaired) electrons. The molecule has 0 aliphatic heterocycles. The SMILES string of the molecule is CNc1nc(-c2cccnc2)nc2c(OC)cc(-c3cccc(C)c3)cc12. The molecule has 27 heavy (non-hydrogen) atoms. The largest absolute Gasteiger partial charge is 0.494 e. The first-order valence-electron chi connectivity index (χ1n) is 8.74. The average Bonchev–Trinajstić information content (AvgIpc) is 2.72. The summed E-state index contributed by atoms with van der Waals surface area (Å²) < 4.78 is 5.68. The van der Waals surface area contributed by atoms with E-state index < -0.39 is 0 Å². The van der Waals surface area contributed by atoms with Crippen molar-refractivity contribution in [2.75, 3.05) is 19.5 Å². The number of ether oxygens (including phenoxy) is 1. The highest BCUT2D eigenvalue weighted by atomic mass is 16.5. The van der Waals surface area contributed by atoms with Crippen molar-refractivity contribution < 1.29 is 4.74 Å². The van der Waals surface area contributed by atoms with Gasteiger partial charge in [-0.2, -0.15) is 0 Å². The highest BCUT2D eigenvalue weighted by molar-refractivity contribution is 5.97. The zero-order valence-corrected chi connectivity index (χ0v) is 15.5. The molecule has 0 fully saturated rings. The molecule has 0 amide bonds. The number of methoxy groups -OCH3 is 1. The predicted molar refractivity (Wildman–Crippen MR) is 109 cm³/mol. The van der Waals surface area contributed by atoms with Crippen LogP contribution in [0.1, 0.15) is 5.56 Å². The van der Waals surface area contributed by atoms with Crippen molar-refractivity contribution in [2.24, 2.45) is 0 Å². The van der Waals surface area contributed by atoms with E-state index in [9.17, 15) is 0 Å². The highest BCUT2D eigenvalue weighted by Crippen LogP contribution is 2.35. The number of aryl methyl sites for hydroxylation is 1. The Labute approximate surface area is 158 Å². The van der Waals surface area contributed by atoms with Crippen LogP contribution in [0.3, 0.4) is 0 Å². The van der Waals surface area contributed by atoms with Crippen LogP contribution in [0.15, 0.2) is 60.9 Å². The molecule has 5 nitrogen and oxygen atoms in total. The van der Waals surface area contributed by atoms with Crippen molar-refractivity contribution in [1.82, 2.24) is 15.0 Å². The number of hydrogen-bond donors (Lipinski definition) is 1. The van der Waals surface area contributed by atoms with Gasteiger partial charge in [0.15, 0.2) is 5.82 Å². The molecule has 0 unspecified atom stereocenters. The van der Waals surface area contributed by atoms with Gasteiger partial charge in [0.2, 0.25) is 0 Å². The lowest BCUT2D eigenvalue weighted by Crippen LogP contribution is -2.01. The third kappa shape index (κ3) is 3.19. The van der Waals surface area contributed by atoms with Gasteiger partial charge in [-0.05, 0) is 42.3 Å². The van der Waals surface area contributed by atoms with Crippen molar-refractivity contribution in [1.29, 1.82) is 0 Å².